The Morgan fingerprint density at radius 3 is 2.70 bits per heavy atom. The molecule has 2 aromatic carbocycles. The molecule has 118 valence electrons. The number of rotatable bonds is 4. The normalized spacial score (nSPS) is 10.7. The Labute approximate surface area is 142 Å². The lowest BCUT2D eigenvalue weighted by atomic mass is 10.2. The highest BCUT2D eigenvalue weighted by molar-refractivity contribution is 9.10. The smallest absolute Gasteiger partial charge is 0.293 e. The lowest BCUT2D eigenvalue weighted by Crippen LogP contribution is -2.19. The SMILES string of the molecule is COc1ccc(Br)c(COc2cc3ccccc3n(C)c2=O)c1. The van der Waals surface area contributed by atoms with Crippen molar-refractivity contribution in [2.45, 2.75) is 6.61 Å². The van der Waals surface area contributed by atoms with E-state index < -0.39 is 0 Å². The lowest BCUT2D eigenvalue weighted by molar-refractivity contribution is 0.299. The number of aryl methyl sites for hydroxylation is 1. The van der Waals surface area contributed by atoms with Gasteiger partial charge >= 0.3 is 0 Å². The van der Waals surface area contributed by atoms with E-state index in [1.165, 1.54) is 0 Å². The van der Waals surface area contributed by atoms with Crippen molar-refractivity contribution in [1.82, 2.24) is 4.57 Å². The highest BCUT2D eigenvalue weighted by Gasteiger charge is 2.09. The van der Waals surface area contributed by atoms with Crippen molar-refractivity contribution in [1.29, 1.82) is 0 Å². The maximum absolute atomic E-state index is 12.4. The summed E-state index contributed by atoms with van der Waals surface area (Å²) in [5, 5.41) is 0.967. The van der Waals surface area contributed by atoms with Crippen LogP contribution in [0.3, 0.4) is 0 Å². The van der Waals surface area contributed by atoms with Crippen LogP contribution in [-0.4, -0.2) is 11.7 Å². The van der Waals surface area contributed by atoms with E-state index in [1.54, 1.807) is 24.8 Å². The van der Waals surface area contributed by atoms with Gasteiger partial charge in [-0.15, -0.1) is 0 Å². The number of halogens is 1. The van der Waals surface area contributed by atoms with Gasteiger partial charge in [-0.1, -0.05) is 34.1 Å². The van der Waals surface area contributed by atoms with Gasteiger partial charge < -0.3 is 14.0 Å². The van der Waals surface area contributed by atoms with Crippen molar-refractivity contribution in [2.24, 2.45) is 7.05 Å². The molecular weight excluding hydrogens is 358 g/mol. The number of ether oxygens (including phenoxy) is 2. The zero-order valence-corrected chi connectivity index (χ0v) is 14.5. The van der Waals surface area contributed by atoms with Crippen LogP contribution in [0.4, 0.5) is 0 Å². The van der Waals surface area contributed by atoms with Crippen LogP contribution in [0, 0.1) is 0 Å². The van der Waals surface area contributed by atoms with Crippen molar-refractivity contribution in [3.05, 3.63) is 68.9 Å². The molecule has 0 aliphatic carbocycles. The van der Waals surface area contributed by atoms with Gasteiger partial charge in [0.05, 0.1) is 12.6 Å². The fourth-order valence-corrected chi connectivity index (χ4v) is 2.80. The quantitative estimate of drug-likeness (QED) is 0.696. The molecule has 3 aromatic rings. The molecule has 0 atom stereocenters. The van der Waals surface area contributed by atoms with Crippen molar-refractivity contribution in [3.63, 3.8) is 0 Å². The van der Waals surface area contributed by atoms with Crippen LogP contribution in [0.15, 0.2) is 57.8 Å². The molecule has 1 heterocycles. The Morgan fingerprint density at radius 1 is 1.13 bits per heavy atom. The summed E-state index contributed by atoms with van der Waals surface area (Å²) in [6, 6.07) is 15.2. The molecule has 23 heavy (non-hydrogen) atoms. The van der Waals surface area contributed by atoms with Gasteiger partial charge in [0.1, 0.15) is 12.4 Å². The molecule has 0 spiro atoms. The Hall–Kier alpha value is -2.27. The fraction of sp³-hybridized carbons (Fsp3) is 0.167. The van der Waals surface area contributed by atoms with Gasteiger partial charge in [-0.2, -0.15) is 0 Å². The summed E-state index contributed by atoms with van der Waals surface area (Å²) >= 11 is 3.49. The topological polar surface area (TPSA) is 40.5 Å². The number of nitrogens with zero attached hydrogens (tertiary/aromatic N) is 1. The summed E-state index contributed by atoms with van der Waals surface area (Å²) in [4.78, 5) is 12.4. The van der Waals surface area contributed by atoms with Crippen molar-refractivity contribution in [2.75, 3.05) is 7.11 Å². The number of aromatic nitrogens is 1. The molecule has 0 amide bonds. The van der Waals surface area contributed by atoms with Gasteiger partial charge in [0.15, 0.2) is 5.75 Å². The molecule has 5 heteroatoms. The Bertz CT molecular complexity index is 918. The Kier molecular flexibility index (Phi) is 4.39. The first-order chi connectivity index (χ1) is 11.1. The summed E-state index contributed by atoms with van der Waals surface area (Å²) in [6.07, 6.45) is 0. The first-order valence-corrected chi connectivity index (χ1v) is 7.93. The number of hydrogen-bond donors (Lipinski definition) is 0. The zero-order chi connectivity index (χ0) is 16.4. The number of benzene rings is 2. The minimum absolute atomic E-state index is 0.150. The Morgan fingerprint density at radius 2 is 1.91 bits per heavy atom. The molecule has 0 fully saturated rings. The van der Waals surface area contributed by atoms with E-state index >= 15 is 0 Å². The second-order valence-corrected chi connectivity index (χ2v) is 6.03. The molecule has 4 nitrogen and oxygen atoms in total. The third kappa shape index (κ3) is 3.10. The molecule has 0 saturated carbocycles. The minimum atomic E-state index is -0.150. The molecule has 0 bridgehead atoms. The highest BCUT2D eigenvalue weighted by Crippen LogP contribution is 2.24. The van der Waals surface area contributed by atoms with Gasteiger partial charge in [-0.3, -0.25) is 4.79 Å². The van der Waals surface area contributed by atoms with Crippen LogP contribution in [0.2, 0.25) is 0 Å². The van der Waals surface area contributed by atoms with Gasteiger partial charge in [-0.05, 0) is 30.3 Å². The second-order valence-electron chi connectivity index (χ2n) is 5.18. The van der Waals surface area contributed by atoms with Crippen LogP contribution in [0.5, 0.6) is 11.5 Å². The largest absolute Gasteiger partial charge is 0.497 e. The number of para-hydroxylation sites is 1. The standard InChI is InChI=1S/C18H16BrNO3/c1-20-16-6-4-3-5-12(16)10-17(18(20)21)23-11-13-9-14(22-2)7-8-15(13)19/h3-10H,11H2,1-2H3. The molecule has 0 N–H and O–H groups in total. The third-order valence-electron chi connectivity index (χ3n) is 3.74. The van der Waals surface area contributed by atoms with E-state index in [2.05, 4.69) is 15.9 Å². The molecule has 3 rings (SSSR count). The lowest BCUT2D eigenvalue weighted by Gasteiger charge is -2.12. The Balaban J connectivity index is 1.93. The van der Waals surface area contributed by atoms with Crippen LogP contribution >= 0.6 is 15.9 Å². The van der Waals surface area contributed by atoms with E-state index in [4.69, 9.17) is 9.47 Å². The second kappa shape index (κ2) is 6.46. The minimum Gasteiger partial charge on any atom is -0.497 e. The summed E-state index contributed by atoms with van der Waals surface area (Å²) in [6.45, 7) is 0.283. The third-order valence-corrected chi connectivity index (χ3v) is 4.51. The number of pyridine rings is 1. The summed E-state index contributed by atoms with van der Waals surface area (Å²) in [5.74, 6) is 1.08. The van der Waals surface area contributed by atoms with E-state index in [9.17, 15) is 4.79 Å². The first kappa shape index (κ1) is 15.6. The molecular formula is C18H16BrNO3. The van der Waals surface area contributed by atoms with Crippen molar-refractivity contribution in [3.8, 4) is 11.5 Å². The maximum Gasteiger partial charge on any atom is 0.293 e. The number of methoxy groups -OCH3 is 1. The van der Waals surface area contributed by atoms with E-state index in [0.29, 0.717) is 5.75 Å². The van der Waals surface area contributed by atoms with E-state index in [-0.39, 0.29) is 12.2 Å². The van der Waals surface area contributed by atoms with Gasteiger partial charge in [0.25, 0.3) is 5.56 Å². The number of fused-ring (bicyclic) bond motifs is 1. The average Bonchev–Trinajstić information content (AvgIpc) is 2.58. The highest BCUT2D eigenvalue weighted by atomic mass is 79.9. The molecule has 0 aliphatic heterocycles. The summed E-state index contributed by atoms with van der Waals surface area (Å²) in [7, 11) is 3.37. The van der Waals surface area contributed by atoms with E-state index in [0.717, 1.165) is 26.7 Å². The van der Waals surface area contributed by atoms with Gasteiger partial charge in [0.2, 0.25) is 0 Å². The molecule has 0 radical (unpaired) electrons. The molecule has 0 saturated heterocycles. The number of hydrogen-bond acceptors (Lipinski definition) is 3. The first-order valence-electron chi connectivity index (χ1n) is 7.14. The molecule has 1 aromatic heterocycles. The fourth-order valence-electron chi connectivity index (χ4n) is 2.44. The van der Waals surface area contributed by atoms with Crippen LogP contribution in [0.1, 0.15) is 5.56 Å². The van der Waals surface area contributed by atoms with Crippen molar-refractivity contribution < 1.29 is 9.47 Å². The van der Waals surface area contributed by atoms with Gasteiger partial charge in [0, 0.05) is 22.5 Å². The van der Waals surface area contributed by atoms with Crippen LogP contribution in [0.25, 0.3) is 10.9 Å². The van der Waals surface area contributed by atoms with Gasteiger partial charge in [-0.25, -0.2) is 0 Å². The van der Waals surface area contributed by atoms with Crippen LogP contribution < -0.4 is 15.0 Å². The maximum atomic E-state index is 12.4. The predicted octanol–water partition coefficient (Wildman–Crippen LogP) is 3.89. The summed E-state index contributed by atoms with van der Waals surface area (Å²) in [5.41, 5.74) is 1.65. The zero-order valence-electron chi connectivity index (χ0n) is 12.9. The molecule has 0 unspecified atom stereocenters. The van der Waals surface area contributed by atoms with Crippen LogP contribution in [-0.2, 0) is 13.7 Å². The average molecular weight is 374 g/mol. The van der Waals surface area contributed by atoms with Crippen molar-refractivity contribution >= 4 is 26.8 Å². The summed E-state index contributed by atoms with van der Waals surface area (Å²) < 4.78 is 13.5. The molecule has 0 aliphatic rings. The predicted molar refractivity (Wildman–Crippen MR) is 94.2 cm³/mol. The monoisotopic (exact) mass is 373 g/mol. The van der Waals surface area contributed by atoms with E-state index in [1.807, 2.05) is 42.5 Å².